The summed E-state index contributed by atoms with van der Waals surface area (Å²) in [6.45, 7) is 4.29. The molecule has 98 valence electrons. The van der Waals surface area contributed by atoms with Crippen LogP contribution in [0.25, 0.3) is 0 Å². The molecule has 1 unspecified atom stereocenters. The summed E-state index contributed by atoms with van der Waals surface area (Å²) >= 11 is 0. The number of benzene rings is 2. The molecule has 0 spiro atoms. The van der Waals surface area contributed by atoms with Gasteiger partial charge in [-0.3, -0.25) is 0 Å². The molecule has 2 rings (SSSR count). The third-order valence-electron chi connectivity index (χ3n) is 2.98. The van der Waals surface area contributed by atoms with Gasteiger partial charge in [0.15, 0.2) is 0 Å². The number of hydrogen-bond acceptors (Lipinski definition) is 1. The molecular formula is C18H20O. The Balaban J connectivity index is 1.98. The maximum Gasteiger partial charge on any atom is 0.127 e. The van der Waals surface area contributed by atoms with Crippen molar-refractivity contribution in [3.63, 3.8) is 0 Å². The molecule has 2 aromatic rings. The molecule has 0 aromatic heterocycles. The monoisotopic (exact) mass is 252 g/mol. The van der Waals surface area contributed by atoms with Gasteiger partial charge in [0, 0.05) is 0 Å². The molecular weight excluding hydrogens is 232 g/mol. The van der Waals surface area contributed by atoms with E-state index in [4.69, 9.17) is 4.74 Å². The third-order valence-corrected chi connectivity index (χ3v) is 2.98. The summed E-state index contributed by atoms with van der Waals surface area (Å²) in [5.74, 6) is 2.33. The molecule has 2 aromatic carbocycles. The van der Waals surface area contributed by atoms with Crippen LogP contribution in [0.4, 0.5) is 0 Å². The van der Waals surface area contributed by atoms with E-state index >= 15 is 0 Å². The molecule has 1 heteroatoms. The standard InChI is InChI=1S/C18H20O/c1-3-7-15(2)14-16-10-12-18(13-11-16)19-17-8-5-4-6-9-17/h3-13,15H,14H2,1-2H3/b7-3-. The molecule has 1 nitrogen and oxygen atoms in total. The fourth-order valence-corrected chi connectivity index (χ4v) is 2.09. The van der Waals surface area contributed by atoms with Gasteiger partial charge in [-0.15, -0.1) is 0 Å². The van der Waals surface area contributed by atoms with E-state index in [1.165, 1.54) is 5.56 Å². The summed E-state index contributed by atoms with van der Waals surface area (Å²) in [6.07, 6.45) is 5.40. The second kappa shape index (κ2) is 6.79. The van der Waals surface area contributed by atoms with Crippen molar-refractivity contribution in [2.24, 2.45) is 5.92 Å². The number of ether oxygens (including phenoxy) is 1. The second-order valence-electron chi connectivity index (χ2n) is 4.77. The lowest BCUT2D eigenvalue weighted by Gasteiger charge is -2.08. The quantitative estimate of drug-likeness (QED) is 0.662. The molecule has 0 saturated heterocycles. The number of hydrogen-bond donors (Lipinski definition) is 0. The van der Waals surface area contributed by atoms with E-state index < -0.39 is 0 Å². The van der Waals surface area contributed by atoms with Gasteiger partial charge in [0.2, 0.25) is 0 Å². The predicted molar refractivity (Wildman–Crippen MR) is 80.6 cm³/mol. The topological polar surface area (TPSA) is 9.23 Å². The van der Waals surface area contributed by atoms with Gasteiger partial charge < -0.3 is 4.74 Å². The van der Waals surface area contributed by atoms with Crippen LogP contribution < -0.4 is 4.74 Å². The normalized spacial score (nSPS) is 12.5. The fraction of sp³-hybridized carbons (Fsp3) is 0.222. The maximum atomic E-state index is 5.77. The molecule has 0 saturated carbocycles. The highest BCUT2D eigenvalue weighted by molar-refractivity contribution is 5.33. The van der Waals surface area contributed by atoms with Crippen molar-refractivity contribution in [2.45, 2.75) is 20.3 Å². The summed E-state index contributed by atoms with van der Waals surface area (Å²) in [4.78, 5) is 0. The third kappa shape index (κ3) is 4.29. The Kier molecular flexibility index (Phi) is 4.79. The van der Waals surface area contributed by atoms with Gasteiger partial charge in [0.25, 0.3) is 0 Å². The van der Waals surface area contributed by atoms with Gasteiger partial charge in [-0.1, -0.05) is 49.4 Å². The molecule has 0 N–H and O–H groups in total. The Morgan fingerprint density at radius 3 is 2.21 bits per heavy atom. The molecule has 0 bridgehead atoms. The van der Waals surface area contributed by atoms with Crippen LogP contribution in [0, 0.1) is 5.92 Å². The first-order valence-corrected chi connectivity index (χ1v) is 6.72. The van der Waals surface area contributed by atoms with Crippen LogP contribution in [-0.4, -0.2) is 0 Å². The highest BCUT2D eigenvalue weighted by Gasteiger charge is 2.01. The van der Waals surface area contributed by atoms with Gasteiger partial charge in [0.1, 0.15) is 11.5 Å². The summed E-state index contributed by atoms with van der Waals surface area (Å²) in [7, 11) is 0. The molecule has 0 amide bonds. The van der Waals surface area contributed by atoms with Crippen LogP contribution in [0.5, 0.6) is 11.5 Å². The fourth-order valence-electron chi connectivity index (χ4n) is 2.09. The SMILES string of the molecule is C/C=C\C(C)Cc1ccc(Oc2ccccc2)cc1. The molecule has 0 radical (unpaired) electrons. The van der Waals surface area contributed by atoms with Crippen LogP contribution >= 0.6 is 0 Å². The highest BCUT2D eigenvalue weighted by atomic mass is 16.5. The lowest BCUT2D eigenvalue weighted by molar-refractivity contribution is 0.482. The van der Waals surface area contributed by atoms with Crippen LogP contribution in [0.3, 0.4) is 0 Å². The van der Waals surface area contributed by atoms with E-state index in [9.17, 15) is 0 Å². The molecule has 0 aliphatic heterocycles. The first-order chi connectivity index (χ1) is 9.28. The number of para-hydroxylation sites is 1. The Morgan fingerprint density at radius 1 is 0.947 bits per heavy atom. The first kappa shape index (κ1) is 13.4. The van der Waals surface area contributed by atoms with Crippen LogP contribution in [-0.2, 0) is 6.42 Å². The van der Waals surface area contributed by atoms with E-state index in [1.807, 2.05) is 42.5 Å². The number of rotatable bonds is 5. The Morgan fingerprint density at radius 2 is 1.58 bits per heavy atom. The average molecular weight is 252 g/mol. The maximum absolute atomic E-state index is 5.77. The summed E-state index contributed by atoms with van der Waals surface area (Å²) in [5, 5.41) is 0. The van der Waals surface area contributed by atoms with Crippen molar-refractivity contribution in [1.82, 2.24) is 0 Å². The summed E-state index contributed by atoms with van der Waals surface area (Å²) in [5.41, 5.74) is 1.34. The summed E-state index contributed by atoms with van der Waals surface area (Å²) < 4.78 is 5.77. The zero-order valence-corrected chi connectivity index (χ0v) is 11.5. The lowest BCUT2D eigenvalue weighted by Crippen LogP contribution is -1.95. The zero-order chi connectivity index (χ0) is 13.5. The highest BCUT2D eigenvalue weighted by Crippen LogP contribution is 2.22. The van der Waals surface area contributed by atoms with Crippen molar-refractivity contribution in [1.29, 1.82) is 0 Å². The van der Waals surface area contributed by atoms with Gasteiger partial charge in [-0.25, -0.2) is 0 Å². The van der Waals surface area contributed by atoms with Crippen molar-refractivity contribution in [3.05, 3.63) is 72.3 Å². The van der Waals surface area contributed by atoms with Crippen molar-refractivity contribution < 1.29 is 4.74 Å². The molecule has 0 aliphatic rings. The van der Waals surface area contributed by atoms with E-state index in [1.54, 1.807) is 0 Å². The molecule has 0 aliphatic carbocycles. The van der Waals surface area contributed by atoms with Gasteiger partial charge in [-0.2, -0.15) is 0 Å². The van der Waals surface area contributed by atoms with Gasteiger partial charge in [0.05, 0.1) is 0 Å². The van der Waals surface area contributed by atoms with Crippen molar-refractivity contribution >= 4 is 0 Å². The first-order valence-electron chi connectivity index (χ1n) is 6.72. The Bertz CT molecular complexity index is 511. The van der Waals surface area contributed by atoms with Crippen LogP contribution in [0.15, 0.2) is 66.7 Å². The Labute approximate surface area is 115 Å². The van der Waals surface area contributed by atoms with Crippen molar-refractivity contribution in [2.75, 3.05) is 0 Å². The molecule has 1 atom stereocenters. The van der Waals surface area contributed by atoms with Gasteiger partial charge in [-0.05, 0) is 49.1 Å². The minimum Gasteiger partial charge on any atom is -0.457 e. The minimum atomic E-state index is 0.575. The van der Waals surface area contributed by atoms with Crippen molar-refractivity contribution in [3.8, 4) is 11.5 Å². The molecule has 19 heavy (non-hydrogen) atoms. The molecule has 0 fully saturated rings. The Hall–Kier alpha value is -2.02. The lowest BCUT2D eigenvalue weighted by atomic mass is 10.0. The summed E-state index contributed by atoms with van der Waals surface area (Å²) in [6, 6.07) is 18.2. The van der Waals surface area contributed by atoms with E-state index in [0.717, 1.165) is 17.9 Å². The van der Waals surface area contributed by atoms with E-state index in [0.29, 0.717) is 5.92 Å². The molecule has 0 heterocycles. The largest absolute Gasteiger partial charge is 0.457 e. The minimum absolute atomic E-state index is 0.575. The average Bonchev–Trinajstić information content (AvgIpc) is 2.42. The van der Waals surface area contributed by atoms with E-state index in [2.05, 4.69) is 38.1 Å². The van der Waals surface area contributed by atoms with Gasteiger partial charge >= 0.3 is 0 Å². The van der Waals surface area contributed by atoms with Crippen LogP contribution in [0.1, 0.15) is 19.4 Å². The zero-order valence-electron chi connectivity index (χ0n) is 11.5. The second-order valence-corrected chi connectivity index (χ2v) is 4.77. The van der Waals surface area contributed by atoms with E-state index in [-0.39, 0.29) is 0 Å². The smallest absolute Gasteiger partial charge is 0.127 e. The predicted octanol–water partition coefficient (Wildman–Crippen LogP) is 5.23. The van der Waals surface area contributed by atoms with Crippen LogP contribution in [0.2, 0.25) is 0 Å². The number of allylic oxidation sites excluding steroid dienone is 2.